The van der Waals surface area contributed by atoms with Crippen LogP contribution in [0.5, 0.6) is 5.75 Å². The van der Waals surface area contributed by atoms with Crippen molar-refractivity contribution in [2.24, 2.45) is 0 Å². The predicted molar refractivity (Wildman–Crippen MR) is 89.3 cm³/mol. The van der Waals surface area contributed by atoms with Crippen molar-refractivity contribution in [2.75, 3.05) is 20.6 Å². The average Bonchev–Trinajstić information content (AvgIpc) is 2.64. The second kappa shape index (κ2) is 5.95. The van der Waals surface area contributed by atoms with Gasteiger partial charge in [0.25, 0.3) is 0 Å². The van der Waals surface area contributed by atoms with Crippen LogP contribution in [0.3, 0.4) is 0 Å². The number of benzene rings is 2. The molecule has 0 amide bonds. The number of fused-ring (bicyclic) bond motifs is 2. The van der Waals surface area contributed by atoms with Crippen molar-refractivity contribution in [1.82, 2.24) is 0 Å². The van der Waals surface area contributed by atoms with Gasteiger partial charge in [-0.2, -0.15) is 0 Å². The maximum atomic E-state index is 11.8. The third kappa shape index (κ3) is 3.21. The van der Waals surface area contributed by atoms with Gasteiger partial charge in [-0.15, -0.1) is 0 Å². The van der Waals surface area contributed by atoms with Gasteiger partial charge in [-0.3, -0.25) is 0 Å². The summed E-state index contributed by atoms with van der Waals surface area (Å²) in [5.41, 5.74) is 4.64. The fourth-order valence-corrected chi connectivity index (χ4v) is 2.76. The fraction of sp³-hybridized carbons (Fsp3) is 0.263. The highest BCUT2D eigenvalue weighted by Crippen LogP contribution is 2.36. The van der Waals surface area contributed by atoms with Crippen molar-refractivity contribution in [3.8, 4) is 5.75 Å². The smallest absolute Gasteiger partial charge is 0.127 e. The number of quaternary nitrogens is 1. The lowest BCUT2D eigenvalue weighted by Gasteiger charge is -2.33. The number of para-hydroxylation sites is 1. The summed E-state index contributed by atoms with van der Waals surface area (Å²) in [5, 5.41) is 11.8. The Hall–Kier alpha value is -2.10. The van der Waals surface area contributed by atoms with Crippen LogP contribution >= 0.6 is 0 Å². The van der Waals surface area contributed by atoms with E-state index in [9.17, 15) is 5.21 Å². The first-order valence-corrected chi connectivity index (χ1v) is 7.59. The summed E-state index contributed by atoms with van der Waals surface area (Å²) in [6.07, 6.45) is 2.92. The molecule has 1 aliphatic heterocycles. The number of hydrogen-bond donors (Lipinski definition) is 0. The molecular weight excluding hydrogens is 274 g/mol. The average molecular weight is 295 g/mol. The molecule has 0 aromatic heterocycles. The van der Waals surface area contributed by atoms with Crippen molar-refractivity contribution in [3.63, 3.8) is 0 Å². The molecule has 1 heterocycles. The molecule has 1 aliphatic rings. The van der Waals surface area contributed by atoms with E-state index in [0.29, 0.717) is 13.2 Å². The Kier molecular flexibility index (Phi) is 4.01. The SMILES string of the molecule is C[N+](C)([O-])CC/C=C1/c2ccccc2COc2ccccc21. The molecule has 0 N–H and O–H groups in total. The Morgan fingerprint density at radius 2 is 1.73 bits per heavy atom. The van der Waals surface area contributed by atoms with Crippen LogP contribution in [0, 0.1) is 5.21 Å². The van der Waals surface area contributed by atoms with E-state index in [0.717, 1.165) is 23.3 Å². The van der Waals surface area contributed by atoms with Crippen molar-refractivity contribution < 1.29 is 9.38 Å². The van der Waals surface area contributed by atoms with Gasteiger partial charge in [0.15, 0.2) is 0 Å². The maximum Gasteiger partial charge on any atom is 0.127 e. The molecule has 0 bridgehead atoms. The van der Waals surface area contributed by atoms with Gasteiger partial charge in [0.05, 0.1) is 20.6 Å². The van der Waals surface area contributed by atoms with Crippen LogP contribution < -0.4 is 4.74 Å². The number of hydroxylamine groups is 3. The van der Waals surface area contributed by atoms with Crippen LogP contribution in [0.15, 0.2) is 54.6 Å². The summed E-state index contributed by atoms with van der Waals surface area (Å²) in [6, 6.07) is 16.4. The number of rotatable bonds is 3. The Morgan fingerprint density at radius 1 is 1.05 bits per heavy atom. The van der Waals surface area contributed by atoms with Gasteiger partial charge in [0.2, 0.25) is 0 Å². The van der Waals surface area contributed by atoms with Crippen molar-refractivity contribution in [2.45, 2.75) is 13.0 Å². The molecule has 22 heavy (non-hydrogen) atoms. The van der Waals surface area contributed by atoms with Gasteiger partial charge in [-0.25, -0.2) is 0 Å². The number of hydrogen-bond acceptors (Lipinski definition) is 2. The van der Waals surface area contributed by atoms with E-state index in [-0.39, 0.29) is 4.65 Å². The Labute approximate surface area is 131 Å². The summed E-state index contributed by atoms with van der Waals surface area (Å²) < 4.78 is 5.67. The summed E-state index contributed by atoms with van der Waals surface area (Å²) in [7, 11) is 3.35. The highest BCUT2D eigenvalue weighted by atomic mass is 16.5. The molecule has 114 valence electrons. The number of ether oxygens (including phenoxy) is 1. The second-order valence-corrected chi connectivity index (χ2v) is 6.15. The maximum absolute atomic E-state index is 11.8. The molecule has 0 fully saturated rings. The van der Waals surface area contributed by atoms with Crippen LogP contribution in [0.1, 0.15) is 23.1 Å². The highest BCUT2D eigenvalue weighted by Gasteiger charge is 2.18. The molecule has 3 rings (SSSR count). The summed E-state index contributed by atoms with van der Waals surface area (Å²) in [6.45, 7) is 1.14. The van der Waals surface area contributed by atoms with E-state index in [1.54, 1.807) is 14.1 Å². The minimum absolute atomic E-state index is 0.274. The van der Waals surface area contributed by atoms with Crippen molar-refractivity contribution >= 4 is 5.57 Å². The standard InChI is InChI=1S/C19H21NO2/c1-20(2,21)13-7-11-17-16-9-4-3-8-15(16)14-22-19-12-6-5-10-18(17)19/h3-6,8-12H,7,13-14H2,1-2H3/b17-11-. The van der Waals surface area contributed by atoms with Crippen LogP contribution in [0.2, 0.25) is 0 Å². The van der Waals surface area contributed by atoms with E-state index in [4.69, 9.17) is 4.74 Å². The van der Waals surface area contributed by atoms with Gasteiger partial charge in [-0.1, -0.05) is 48.5 Å². The quantitative estimate of drug-likeness (QED) is 0.634. The van der Waals surface area contributed by atoms with Crippen LogP contribution in [-0.2, 0) is 6.61 Å². The number of nitrogens with zero attached hydrogens (tertiary/aromatic N) is 1. The first-order chi connectivity index (χ1) is 10.5. The molecule has 3 heteroatoms. The van der Waals surface area contributed by atoms with E-state index in [1.807, 2.05) is 30.3 Å². The van der Waals surface area contributed by atoms with Gasteiger partial charge >= 0.3 is 0 Å². The third-order valence-electron chi connectivity index (χ3n) is 3.88. The minimum atomic E-state index is -0.274. The van der Waals surface area contributed by atoms with Gasteiger partial charge < -0.3 is 14.6 Å². The molecule has 0 atom stereocenters. The normalized spacial score (nSPS) is 15.7. The van der Waals surface area contributed by atoms with E-state index in [2.05, 4.69) is 24.3 Å². The van der Waals surface area contributed by atoms with Gasteiger partial charge in [0, 0.05) is 12.0 Å². The molecule has 0 aliphatic carbocycles. The zero-order chi connectivity index (χ0) is 15.6. The van der Waals surface area contributed by atoms with Crippen LogP contribution in [-0.4, -0.2) is 25.3 Å². The van der Waals surface area contributed by atoms with Crippen LogP contribution in [0.25, 0.3) is 5.57 Å². The minimum Gasteiger partial charge on any atom is -0.633 e. The molecule has 0 spiro atoms. The van der Waals surface area contributed by atoms with E-state index >= 15 is 0 Å². The van der Waals surface area contributed by atoms with Crippen LogP contribution in [0.4, 0.5) is 0 Å². The molecule has 0 saturated carbocycles. The van der Waals surface area contributed by atoms with Crippen molar-refractivity contribution in [1.29, 1.82) is 0 Å². The predicted octanol–water partition coefficient (Wildman–Crippen LogP) is 3.98. The topological polar surface area (TPSA) is 32.3 Å². The summed E-state index contributed by atoms with van der Waals surface area (Å²) in [5.74, 6) is 0.904. The molecule has 2 aromatic rings. The molecule has 0 radical (unpaired) electrons. The summed E-state index contributed by atoms with van der Waals surface area (Å²) >= 11 is 0. The lowest BCUT2D eigenvalue weighted by atomic mass is 9.93. The zero-order valence-electron chi connectivity index (χ0n) is 13.1. The van der Waals surface area contributed by atoms with Gasteiger partial charge in [0.1, 0.15) is 12.4 Å². The molecule has 0 saturated heterocycles. The molecule has 3 nitrogen and oxygen atoms in total. The van der Waals surface area contributed by atoms with E-state index in [1.165, 1.54) is 11.1 Å². The Balaban J connectivity index is 2.04. The second-order valence-electron chi connectivity index (χ2n) is 6.15. The largest absolute Gasteiger partial charge is 0.633 e. The zero-order valence-corrected chi connectivity index (χ0v) is 13.1. The molecule has 0 unspecified atom stereocenters. The first-order valence-electron chi connectivity index (χ1n) is 7.59. The third-order valence-corrected chi connectivity index (χ3v) is 3.88. The van der Waals surface area contributed by atoms with E-state index < -0.39 is 0 Å². The first kappa shape index (κ1) is 14.8. The fourth-order valence-electron chi connectivity index (χ4n) is 2.76. The monoisotopic (exact) mass is 295 g/mol. The highest BCUT2D eigenvalue weighted by molar-refractivity contribution is 5.84. The molecule has 2 aromatic carbocycles. The van der Waals surface area contributed by atoms with Crippen molar-refractivity contribution in [3.05, 3.63) is 76.5 Å². The van der Waals surface area contributed by atoms with Gasteiger partial charge in [-0.05, 0) is 22.8 Å². The lowest BCUT2D eigenvalue weighted by molar-refractivity contribution is -0.839. The Morgan fingerprint density at radius 3 is 2.50 bits per heavy atom. The lowest BCUT2D eigenvalue weighted by Crippen LogP contribution is -2.32. The molecular formula is C19H21NO2. The summed E-state index contributed by atoms with van der Waals surface area (Å²) in [4.78, 5) is 0. The Bertz CT molecular complexity index is 649.